The Kier molecular flexibility index (Phi) is 3.95. The van der Waals surface area contributed by atoms with Crippen LogP contribution in [0.4, 0.5) is 0 Å². The molecule has 0 saturated heterocycles. The van der Waals surface area contributed by atoms with E-state index < -0.39 is 5.97 Å². The summed E-state index contributed by atoms with van der Waals surface area (Å²) >= 11 is 0. The molecule has 0 heterocycles. The molecule has 1 amide bonds. The molecule has 2 aliphatic carbocycles. The summed E-state index contributed by atoms with van der Waals surface area (Å²) < 4.78 is 0. The van der Waals surface area contributed by atoms with Gasteiger partial charge in [0.05, 0.1) is 5.92 Å². The van der Waals surface area contributed by atoms with Crippen LogP contribution in [0.2, 0.25) is 0 Å². The number of carboxylic acids is 1. The molecule has 1 fully saturated rings. The normalized spacial score (nSPS) is 24.4. The summed E-state index contributed by atoms with van der Waals surface area (Å²) in [6.45, 7) is 0. The van der Waals surface area contributed by atoms with Crippen molar-refractivity contribution in [1.82, 2.24) is 5.32 Å². The van der Waals surface area contributed by atoms with Crippen LogP contribution in [-0.2, 0) is 17.6 Å². The molecule has 0 atom stereocenters. The molecule has 0 radical (unpaired) electrons. The first-order valence-electron chi connectivity index (χ1n) is 7.79. The Balaban J connectivity index is 1.63. The van der Waals surface area contributed by atoms with Gasteiger partial charge in [0.25, 0.3) is 5.91 Å². The summed E-state index contributed by atoms with van der Waals surface area (Å²) in [6, 6.07) is 6.09. The minimum Gasteiger partial charge on any atom is -0.481 e. The lowest BCUT2D eigenvalue weighted by Crippen LogP contribution is -2.39. The first kappa shape index (κ1) is 14.1. The zero-order valence-electron chi connectivity index (χ0n) is 12.1. The van der Waals surface area contributed by atoms with E-state index in [1.807, 2.05) is 12.1 Å². The molecule has 0 unspecified atom stereocenters. The fourth-order valence-corrected chi connectivity index (χ4v) is 3.58. The van der Waals surface area contributed by atoms with Crippen LogP contribution in [0.3, 0.4) is 0 Å². The second-order valence-corrected chi connectivity index (χ2v) is 6.16. The minimum absolute atomic E-state index is 0.00697. The molecule has 0 aromatic heterocycles. The summed E-state index contributed by atoms with van der Waals surface area (Å²) in [4.78, 5) is 23.4. The smallest absolute Gasteiger partial charge is 0.306 e. The molecule has 2 aliphatic rings. The number of amides is 1. The van der Waals surface area contributed by atoms with Gasteiger partial charge in [-0.1, -0.05) is 12.1 Å². The SMILES string of the molecule is O=C(NC1CCC(C(=O)O)CC1)c1cccc2c1CCC2. The number of carbonyl (C=O) groups is 2. The summed E-state index contributed by atoms with van der Waals surface area (Å²) in [7, 11) is 0. The Morgan fingerprint density at radius 3 is 2.57 bits per heavy atom. The summed E-state index contributed by atoms with van der Waals surface area (Å²) in [5.41, 5.74) is 3.32. The van der Waals surface area contributed by atoms with Crippen LogP contribution in [0.15, 0.2) is 18.2 Å². The van der Waals surface area contributed by atoms with E-state index >= 15 is 0 Å². The van der Waals surface area contributed by atoms with E-state index in [1.54, 1.807) is 0 Å². The molecular formula is C17H21NO3. The first-order valence-corrected chi connectivity index (χ1v) is 7.79. The molecule has 21 heavy (non-hydrogen) atoms. The van der Waals surface area contributed by atoms with Crippen molar-refractivity contribution in [3.63, 3.8) is 0 Å². The van der Waals surface area contributed by atoms with Gasteiger partial charge in [-0.3, -0.25) is 9.59 Å². The monoisotopic (exact) mass is 287 g/mol. The van der Waals surface area contributed by atoms with Crippen molar-refractivity contribution in [2.75, 3.05) is 0 Å². The van der Waals surface area contributed by atoms with Crippen molar-refractivity contribution < 1.29 is 14.7 Å². The number of hydrogen-bond acceptors (Lipinski definition) is 2. The molecule has 0 bridgehead atoms. The average Bonchev–Trinajstić information content (AvgIpc) is 2.96. The van der Waals surface area contributed by atoms with Gasteiger partial charge in [-0.05, 0) is 62.1 Å². The zero-order valence-corrected chi connectivity index (χ0v) is 12.1. The van der Waals surface area contributed by atoms with Crippen molar-refractivity contribution in [2.24, 2.45) is 5.92 Å². The summed E-state index contributed by atoms with van der Waals surface area (Å²) in [5.74, 6) is -0.938. The van der Waals surface area contributed by atoms with Crippen LogP contribution in [-0.4, -0.2) is 23.0 Å². The maximum Gasteiger partial charge on any atom is 0.306 e. The summed E-state index contributed by atoms with van der Waals surface area (Å²) in [6.07, 6.45) is 6.03. The van der Waals surface area contributed by atoms with Crippen LogP contribution >= 0.6 is 0 Å². The molecule has 1 aromatic carbocycles. The van der Waals surface area contributed by atoms with E-state index in [4.69, 9.17) is 5.11 Å². The van der Waals surface area contributed by atoms with Crippen molar-refractivity contribution >= 4 is 11.9 Å². The van der Waals surface area contributed by atoms with Crippen molar-refractivity contribution in [1.29, 1.82) is 0 Å². The highest BCUT2D eigenvalue weighted by Gasteiger charge is 2.27. The number of fused-ring (bicyclic) bond motifs is 1. The van der Waals surface area contributed by atoms with Gasteiger partial charge in [0.15, 0.2) is 0 Å². The van der Waals surface area contributed by atoms with Gasteiger partial charge in [0, 0.05) is 11.6 Å². The Morgan fingerprint density at radius 2 is 1.86 bits per heavy atom. The molecule has 1 saturated carbocycles. The van der Waals surface area contributed by atoms with E-state index in [-0.39, 0.29) is 17.9 Å². The highest BCUT2D eigenvalue weighted by molar-refractivity contribution is 5.96. The number of hydrogen-bond donors (Lipinski definition) is 2. The molecule has 2 N–H and O–H groups in total. The van der Waals surface area contributed by atoms with E-state index in [2.05, 4.69) is 11.4 Å². The maximum atomic E-state index is 12.5. The fraction of sp³-hybridized carbons (Fsp3) is 0.529. The second kappa shape index (κ2) is 5.88. The number of benzene rings is 1. The number of rotatable bonds is 3. The number of carbonyl (C=O) groups excluding carboxylic acids is 1. The van der Waals surface area contributed by atoms with E-state index in [9.17, 15) is 9.59 Å². The van der Waals surface area contributed by atoms with Crippen molar-refractivity contribution in [2.45, 2.75) is 51.0 Å². The third-order valence-corrected chi connectivity index (χ3v) is 4.80. The number of carboxylic acid groups (broad SMARTS) is 1. The third-order valence-electron chi connectivity index (χ3n) is 4.80. The topological polar surface area (TPSA) is 66.4 Å². The van der Waals surface area contributed by atoms with Gasteiger partial charge in [0.1, 0.15) is 0 Å². The highest BCUT2D eigenvalue weighted by atomic mass is 16.4. The van der Waals surface area contributed by atoms with Crippen molar-refractivity contribution in [3.8, 4) is 0 Å². The van der Waals surface area contributed by atoms with E-state index in [0.717, 1.165) is 37.7 Å². The Bertz CT molecular complexity index is 559. The van der Waals surface area contributed by atoms with Crippen LogP contribution in [0.1, 0.15) is 53.6 Å². The molecule has 3 rings (SSSR count). The number of aliphatic carboxylic acids is 1. The molecule has 4 heteroatoms. The van der Waals surface area contributed by atoms with Crippen LogP contribution in [0, 0.1) is 5.92 Å². The predicted molar refractivity (Wildman–Crippen MR) is 79.3 cm³/mol. The number of aryl methyl sites for hydroxylation is 1. The molecule has 1 aromatic rings. The third kappa shape index (κ3) is 2.94. The largest absolute Gasteiger partial charge is 0.481 e. The fourth-order valence-electron chi connectivity index (χ4n) is 3.58. The van der Waals surface area contributed by atoms with E-state index in [0.29, 0.717) is 12.8 Å². The molecular weight excluding hydrogens is 266 g/mol. The van der Waals surface area contributed by atoms with Gasteiger partial charge in [-0.2, -0.15) is 0 Å². The Morgan fingerprint density at radius 1 is 1.10 bits per heavy atom. The van der Waals surface area contributed by atoms with Crippen LogP contribution in [0.5, 0.6) is 0 Å². The van der Waals surface area contributed by atoms with Crippen LogP contribution < -0.4 is 5.32 Å². The molecule has 0 spiro atoms. The van der Waals surface area contributed by atoms with E-state index in [1.165, 1.54) is 11.1 Å². The highest BCUT2D eigenvalue weighted by Crippen LogP contribution is 2.27. The first-order chi connectivity index (χ1) is 10.1. The van der Waals surface area contributed by atoms with Crippen molar-refractivity contribution in [3.05, 3.63) is 34.9 Å². The lowest BCUT2D eigenvalue weighted by Gasteiger charge is -2.27. The maximum absolute atomic E-state index is 12.5. The summed E-state index contributed by atoms with van der Waals surface area (Å²) in [5, 5.41) is 12.1. The standard InChI is InChI=1S/C17H21NO3/c19-16(15-6-2-4-11-3-1-5-14(11)15)18-13-9-7-12(8-10-13)17(20)21/h2,4,6,12-13H,1,3,5,7-10H2,(H,18,19)(H,20,21). The molecule has 4 nitrogen and oxygen atoms in total. The van der Waals surface area contributed by atoms with Gasteiger partial charge in [0.2, 0.25) is 0 Å². The van der Waals surface area contributed by atoms with Crippen LogP contribution in [0.25, 0.3) is 0 Å². The lowest BCUT2D eigenvalue weighted by atomic mass is 9.86. The van der Waals surface area contributed by atoms with Gasteiger partial charge in [-0.15, -0.1) is 0 Å². The number of nitrogens with one attached hydrogen (secondary N) is 1. The van der Waals surface area contributed by atoms with Gasteiger partial charge < -0.3 is 10.4 Å². The minimum atomic E-state index is -0.708. The Labute approximate surface area is 124 Å². The Hall–Kier alpha value is -1.84. The zero-order chi connectivity index (χ0) is 14.8. The predicted octanol–water partition coefficient (Wildman–Crippen LogP) is 2.55. The lowest BCUT2D eigenvalue weighted by molar-refractivity contribution is -0.142. The molecule has 0 aliphatic heterocycles. The average molecular weight is 287 g/mol. The second-order valence-electron chi connectivity index (χ2n) is 6.16. The molecule has 112 valence electrons. The quantitative estimate of drug-likeness (QED) is 0.898. The van der Waals surface area contributed by atoms with Gasteiger partial charge >= 0.3 is 5.97 Å². The van der Waals surface area contributed by atoms with Gasteiger partial charge in [-0.25, -0.2) is 0 Å².